The zero-order valence-electron chi connectivity index (χ0n) is 4.20. The molecule has 0 fully saturated rings. The van der Waals surface area contributed by atoms with Gasteiger partial charge in [-0.2, -0.15) is 0 Å². The van der Waals surface area contributed by atoms with E-state index >= 15 is 0 Å². The molecule has 0 saturated heterocycles. The third-order valence-corrected chi connectivity index (χ3v) is 2.27. The average molecular weight is 210 g/mol. The predicted molar refractivity (Wildman–Crippen MR) is 37.3 cm³/mol. The zero-order valence-corrected chi connectivity index (χ0v) is 6.36. The van der Waals surface area contributed by atoms with E-state index in [1.54, 1.807) is 0 Å². The van der Waals surface area contributed by atoms with Crippen LogP contribution >= 0.6 is 22.6 Å². The van der Waals surface area contributed by atoms with E-state index in [-0.39, 0.29) is 0 Å². The van der Waals surface area contributed by atoms with Crippen molar-refractivity contribution in [2.45, 2.75) is 13.3 Å². The molecule has 0 amide bonds. The molecule has 0 aromatic heterocycles. The Morgan fingerprint density at radius 3 is 2.57 bits per heavy atom. The van der Waals surface area contributed by atoms with Gasteiger partial charge in [-0.3, -0.25) is 0 Å². The second kappa shape index (κ2) is 2.03. The molecule has 40 valence electrons. The van der Waals surface area contributed by atoms with Gasteiger partial charge in [-0.25, -0.2) is 0 Å². The first-order chi connectivity index (χ1) is 3.30. The molecule has 0 aromatic rings. The Morgan fingerprint density at radius 1 is 1.71 bits per heavy atom. The van der Waals surface area contributed by atoms with Crippen LogP contribution in [0.25, 0.3) is 0 Å². The first-order valence-electron chi connectivity index (χ1n) is 2.29. The summed E-state index contributed by atoms with van der Waals surface area (Å²) in [5.41, 5.74) is 1.39. The van der Waals surface area contributed by atoms with E-state index in [4.69, 9.17) is 4.74 Å². The van der Waals surface area contributed by atoms with Gasteiger partial charge in [0.1, 0.15) is 0 Å². The Labute approximate surface area is 56.9 Å². The summed E-state index contributed by atoms with van der Waals surface area (Å²) < 4.78 is 6.23. The van der Waals surface area contributed by atoms with E-state index in [9.17, 15) is 0 Å². The van der Waals surface area contributed by atoms with E-state index < -0.39 is 0 Å². The van der Waals surface area contributed by atoms with E-state index in [2.05, 4.69) is 29.5 Å². The van der Waals surface area contributed by atoms with E-state index in [1.165, 1.54) is 5.57 Å². The van der Waals surface area contributed by atoms with Crippen LogP contribution in [-0.4, -0.2) is 6.61 Å². The van der Waals surface area contributed by atoms with Gasteiger partial charge in [0.05, 0.1) is 6.61 Å². The highest BCUT2D eigenvalue weighted by atomic mass is 127. The fourth-order valence-corrected chi connectivity index (χ4v) is 1.01. The topological polar surface area (TPSA) is 9.23 Å². The van der Waals surface area contributed by atoms with Gasteiger partial charge >= 0.3 is 0 Å². The van der Waals surface area contributed by atoms with Gasteiger partial charge in [0.2, 0.25) is 0 Å². The van der Waals surface area contributed by atoms with E-state index in [1.807, 2.05) is 0 Å². The molecule has 0 aliphatic carbocycles. The molecule has 1 aliphatic heterocycles. The van der Waals surface area contributed by atoms with Crippen LogP contribution < -0.4 is 0 Å². The van der Waals surface area contributed by atoms with Crippen molar-refractivity contribution in [1.29, 1.82) is 0 Å². The summed E-state index contributed by atoms with van der Waals surface area (Å²) in [4.78, 5) is 0. The molecule has 0 saturated carbocycles. The smallest absolute Gasteiger partial charge is 0.155 e. The first kappa shape index (κ1) is 5.41. The fraction of sp³-hybridized carbons (Fsp3) is 0.600. The van der Waals surface area contributed by atoms with Crippen LogP contribution in [0.5, 0.6) is 0 Å². The van der Waals surface area contributed by atoms with Crippen molar-refractivity contribution in [2.75, 3.05) is 6.61 Å². The number of rotatable bonds is 0. The minimum atomic E-state index is 0.893. The number of hydrogen-bond acceptors (Lipinski definition) is 1. The molecule has 0 radical (unpaired) electrons. The van der Waals surface area contributed by atoms with Gasteiger partial charge in [0, 0.05) is 6.42 Å². The third-order valence-electron chi connectivity index (χ3n) is 1.04. The van der Waals surface area contributed by atoms with Crippen LogP contribution in [0.4, 0.5) is 0 Å². The highest BCUT2D eigenvalue weighted by molar-refractivity contribution is 14.1. The maximum Gasteiger partial charge on any atom is 0.155 e. The van der Waals surface area contributed by atoms with Crippen LogP contribution in [0, 0.1) is 0 Å². The van der Waals surface area contributed by atoms with Gasteiger partial charge in [0.25, 0.3) is 0 Å². The Morgan fingerprint density at radius 2 is 2.43 bits per heavy atom. The Kier molecular flexibility index (Phi) is 1.57. The SMILES string of the molecule is CC1=C(I)OCC1. The number of halogens is 1. The number of hydrogen-bond donors (Lipinski definition) is 0. The van der Waals surface area contributed by atoms with E-state index in [0.29, 0.717) is 0 Å². The third kappa shape index (κ3) is 1.08. The predicted octanol–water partition coefficient (Wildman–Crippen LogP) is 2.07. The first-order valence-corrected chi connectivity index (χ1v) is 3.36. The van der Waals surface area contributed by atoms with Gasteiger partial charge in [-0.15, -0.1) is 0 Å². The molecule has 1 rings (SSSR count). The number of ether oxygens (including phenoxy) is 1. The maximum absolute atomic E-state index is 5.13. The fourth-order valence-electron chi connectivity index (χ4n) is 0.515. The lowest BCUT2D eigenvalue weighted by Gasteiger charge is -1.88. The average Bonchev–Trinajstić information content (AvgIpc) is 1.91. The molecule has 1 heterocycles. The zero-order chi connectivity index (χ0) is 5.28. The van der Waals surface area contributed by atoms with Crippen LogP contribution in [-0.2, 0) is 4.74 Å². The standard InChI is InChI=1S/C5H7IO/c1-4-2-3-7-5(4)6/h2-3H2,1H3. The highest BCUT2D eigenvalue weighted by Gasteiger charge is 2.06. The summed E-state index contributed by atoms with van der Waals surface area (Å²) in [6, 6.07) is 0. The molecule has 7 heavy (non-hydrogen) atoms. The van der Waals surface area contributed by atoms with Gasteiger partial charge in [0.15, 0.2) is 3.77 Å². The summed E-state index contributed by atoms with van der Waals surface area (Å²) in [6.45, 7) is 3.00. The van der Waals surface area contributed by atoms with Crippen LogP contribution in [0.2, 0.25) is 0 Å². The molecule has 0 aromatic carbocycles. The summed E-state index contributed by atoms with van der Waals surface area (Å²) in [7, 11) is 0. The van der Waals surface area contributed by atoms with Crippen molar-refractivity contribution in [2.24, 2.45) is 0 Å². The Balaban J connectivity index is 2.64. The molecule has 0 bridgehead atoms. The van der Waals surface area contributed by atoms with Crippen molar-refractivity contribution in [3.8, 4) is 0 Å². The molecule has 0 unspecified atom stereocenters. The summed E-state index contributed by atoms with van der Waals surface area (Å²) in [5, 5.41) is 0. The van der Waals surface area contributed by atoms with Gasteiger partial charge in [-0.05, 0) is 35.1 Å². The quantitative estimate of drug-likeness (QED) is 0.556. The molecule has 0 N–H and O–H groups in total. The Hall–Kier alpha value is 0.270. The largest absolute Gasteiger partial charge is 0.487 e. The summed E-state index contributed by atoms with van der Waals surface area (Å²) >= 11 is 2.22. The molecular formula is C5H7IO. The van der Waals surface area contributed by atoms with Crippen LogP contribution in [0.1, 0.15) is 13.3 Å². The Bertz CT molecular complexity index is 94.6. The minimum Gasteiger partial charge on any atom is -0.487 e. The highest BCUT2D eigenvalue weighted by Crippen LogP contribution is 2.22. The van der Waals surface area contributed by atoms with Crippen LogP contribution in [0.15, 0.2) is 9.34 Å². The molecule has 0 spiro atoms. The normalized spacial score (nSPS) is 20.3. The molecule has 1 aliphatic rings. The summed E-state index contributed by atoms with van der Waals surface area (Å²) in [5.74, 6) is 0. The van der Waals surface area contributed by atoms with Crippen molar-refractivity contribution in [1.82, 2.24) is 0 Å². The lowest BCUT2D eigenvalue weighted by atomic mass is 10.3. The van der Waals surface area contributed by atoms with Crippen molar-refractivity contribution >= 4 is 22.6 Å². The second-order valence-corrected chi connectivity index (χ2v) is 2.63. The van der Waals surface area contributed by atoms with Crippen LogP contribution in [0.3, 0.4) is 0 Å². The van der Waals surface area contributed by atoms with E-state index in [0.717, 1.165) is 16.8 Å². The second-order valence-electron chi connectivity index (χ2n) is 1.65. The lowest BCUT2D eigenvalue weighted by Crippen LogP contribution is -1.74. The lowest BCUT2D eigenvalue weighted by molar-refractivity contribution is 0.276. The maximum atomic E-state index is 5.13. The summed E-state index contributed by atoms with van der Waals surface area (Å²) in [6.07, 6.45) is 1.12. The molecule has 2 heteroatoms. The molecular weight excluding hydrogens is 203 g/mol. The van der Waals surface area contributed by atoms with Crippen molar-refractivity contribution < 1.29 is 4.74 Å². The molecule has 0 atom stereocenters. The monoisotopic (exact) mass is 210 g/mol. The van der Waals surface area contributed by atoms with Crippen molar-refractivity contribution in [3.05, 3.63) is 9.34 Å². The minimum absolute atomic E-state index is 0.893. The van der Waals surface area contributed by atoms with Gasteiger partial charge < -0.3 is 4.74 Å². The molecule has 1 nitrogen and oxygen atoms in total. The van der Waals surface area contributed by atoms with Crippen molar-refractivity contribution in [3.63, 3.8) is 0 Å². The van der Waals surface area contributed by atoms with Gasteiger partial charge in [-0.1, -0.05) is 0 Å².